The summed E-state index contributed by atoms with van der Waals surface area (Å²) in [6, 6.07) is 8.85. The van der Waals surface area contributed by atoms with Gasteiger partial charge in [0, 0.05) is 15.7 Å². The lowest BCUT2D eigenvalue weighted by molar-refractivity contribution is 0.243. The molecule has 14 heavy (non-hydrogen) atoms. The summed E-state index contributed by atoms with van der Waals surface area (Å²) in [5.74, 6) is 0. The van der Waals surface area contributed by atoms with Gasteiger partial charge in [0.1, 0.15) is 0 Å². The number of rotatable bonds is 4. The highest BCUT2D eigenvalue weighted by atomic mass is 127. The summed E-state index contributed by atoms with van der Waals surface area (Å²) in [6.07, 6.45) is 0. The number of aliphatic hydroxyl groups is 1. The van der Waals surface area contributed by atoms with E-state index < -0.39 is 0 Å². The van der Waals surface area contributed by atoms with Crippen LogP contribution in [-0.4, -0.2) is 17.8 Å². The second kappa shape index (κ2) is 5.68. The number of aliphatic hydroxyl groups excluding tert-OH is 1. The van der Waals surface area contributed by atoms with E-state index in [0.717, 1.165) is 0 Å². The van der Waals surface area contributed by atoms with E-state index in [2.05, 4.69) is 59.1 Å². The fraction of sp³-hybridized carbons (Fsp3) is 0.455. The largest absolute Gasteiger partial charge is 0.395 e. The standard InChI is InChI=1S/C11H16INO/c1-8(7-14)13-9(2)10-3-5-11(12)6-4-10/h3-6,8-9,13-14H,7H2,1-2H3/t8-,9-/m1/s1. The summed E-state index contributed by atoms with van der Waals surface area (Å²) in [6.45, 7) is 4.26. The second-order valence-electron chi connectivity index (χ2n) is 3.52. The Labute approximate surface area is 98.9 Å². The third-order valence-corrected chi connectivity index (χ3v) is 2.90. The summed E-state index contributed by atoms with van der Waals surface area (Å²) in [4.78, 5) is 0. The van der Waals surface area contributed by atoms with Crippen molar-refractivity contribution in [3.63, 3.8) is 0 Å². The van der Waals surface area contributed by atoms with Crippen LogP contribution in [0.3, 0.4) is 0 Å². The molecule has 2 atom stereocenters. The van der Waals surface area contributed by atoms with Crippen molar-refractivity contribution in [3.8, 4) is 0 Å². The zero-order valence-electron chi connectivity index (χ0n) is 8.50. The lowest BCUT2D eigenvalue weighted by Crippen LogP contribution is -2.31. The van der Waals surface area contributed by atoms with Gasteiger partial charge in [-0.05, 0) is 54.1 Å². The van der Waals surface area contributed by atoms with Crippen LogP contribution in [0.1, 0.15) is 25.5 Å². The van der Waals surface area contributed by atoms with E-state index in [1.54, 1.807) is 0 Å². The van der Waals surface area contributed by atoms with Gasteiger partial charge < -0.3 is 10.4 Å². The highest BCUT2D eigenvalue weighted by Gasteiger charge is 2.07. The molecule has 78 valence electrons. The highest BCUT2D eigenvalue weighted by Crippen LogP contribution is 2.14. The number of nitrogens with one attached hydrogen (secondary N) is 1. The van der Waals surface area contributed by atoms with Crippen molar-refractivity contribution in [2.45, 2.75) is 25.9 Å². The summed E-state index contributed by atoms with van der Waals surface area (Å²) in [5, 5.41) is 12.2. The number of halogens is 1. The molecular formula is C11H16INO. The quantitative estimate of drug-likeness (QED) is 0.837. The molecular weight excluding hydrogens is 289 g/mol. The maximum absolute atomic E-state index is 8.91. The topological polar surface area (TPSA) is 32.3 Å². The Balaban J connectivity index is 2.60. The molecule has 1 aromatic rings. The molecule has 3 heteroatoms. The van der Waals surface area contributed by atoms with Crippen LogP contribution in [0.25, 0.3) is 0 Å². The molecule has 0 aliphatic heterocycles. The van der Waals surface area contributed by atoms with Crippen LogP contribution in [0.15, 0.2) is 24.3 Å². The van der Waals surface area contributed by atoms with Crippen molar-refractivity contribution in [1.29, 1.82) is 0 Å². The molecule has 0 radical (unpaired) electrons. The fourth-order valence-corrected chi connectivity index (χ4v) is 1.69. The van der Waals surface area contributed by atoms with Crippen molar-refractivity contribution >= 4 is 22.6 Å². The minimum atomic E-state index is 0.143. The van der Waals surface area contributed by atoms with Gasteiger partial charge in [0.15, 0.2) is 0 Å². The van der Waals surface area contributed by atoms with E-state index in [-0.39, 0.29) is 18.7 Å². The van der Waals surface area contributed by atoms with Crippen molar-refractivity contribution in [1.82, 2.24) is 5.32 Å². The molecule has 0 saturated heterocycles. The third kappa shape index (κ3) is 3.55. The SMILES string of the molecule is C[C@H](CO)N[C@H](C)c1ccc(I)cc1. The lowest BCUT2D eigenvalue weighted by atomic mass is 10.1. The van der Waals surface area contributed by atoms with E-state index in [1.165, 1.54) is 9.13 Å². The van der Waals surface area contributed by atoms with E-state index >= 15 is 0 Å². The Morgan fingerprint density at radius 3 is 2.36 bits per heavy atom. The van der Waals surface area contributed by atoms with Crippen molar-refractivity contribution in [2.75, 3.05) is 6.61 Å². The van der Waals surface area contributed by atoms with Gasteiger partial charge in [-0.1, -0.05) is 12.1 Å². The predicted molar refractivity (Wildman–Crippen MR) is 67.3 cm³/mol. The second-order valence-corrected chi connectivity index (χ2v) is 4.77. The van der Waals surface area contributed by atoms with Crippen LogP contribution in [-0.2, 0) is 0 Å². The minimum absolute atomic E-state index is 0.143. The zero-order chi connectivity index (χ0) is 10.6. The summed E-state index contributed by atoms with van der Waals surface area (Å²) in [5.41, 5.74) is 1.26. The van der Waals surface area contributed by atoms with Gasteiger partial charge in [0.05, 0.1) is 6.61 Å². The van der Waals surface area contributed by atoms with Crippen molar-refractivity contribution in [3.05, 3.63) is 33.4 Å². The molecule has 0 amide bonds. The molecule has 0 aliphatic carbocycles. The van der Waals surface area contributed by atoms with Gasteiger partial charge >= 0.3 is 0 Å². The van der Waals surface area contributed by atoms with Gasteiger partial charge in [0.25, 0.3) is 0 Å². The average Bonchev–Trinajstić information content (AvgIpc) is 2.18. The van der Waals surface area contributed by atoms with Crippen LogP contribution < -0.4 is 5.32 Å². The van der Waals surface area contributed by atoms with E-state index in [9.17, 15) is 0 Å². The maximum atomic E-state index is 8.91. The Hall–Kier alpha value is -0.130. The first-order valence-electron chi connectivity index (χ1n) is 4.76. The number of hydrogen-bond donors (Lipinski definition) is 2. The summed E-state index contributed by atoms with van der Waals surface area (Å²) < 4.78 is 1.24. The molecule has 0 unspecified atom stereocenters. The fourth-order valence-electron chi connectivity index (χ4n) is 1.33. The summed E-state index contributed by atoms with van der Waals surface area (Å²) >= 11 is 2.29. The van der Waals surface area contributed by atoms with Gasteiger partial charge in [-0.3, -0.25) is 0 Å². The molecule has 1 aromatic carbocycles. The third-order valence-electron chi connectivity index (χ3n) is 2.18. The van der Waals surface area contributed by atoms with Gasteiger partial charge in [-0.2, -0.15) is 0 Å². The predicted octanol–water partition coefficient (Wildman–Crippen LogP) is 2.32. The highest BCUT2D eigenvalue weighted by molar-refractivity contribution is 14.1. The first-order valence-corrected chi connectivity index (χ1v) is 5.83. The average molecular weight is 305 g/mol. The Morgan fingerprint density at radius 1 is 1.29 bits per heavy atom. The first-order chi connectivity index (χ1) is 6.63. The number of hydrogen-bond acceptors (Lipinski definition) is 2. The Bertz CT molecular complexity index is 273. The Kier molecular flexibility index (Phi) is 4.84. The van der Waals surface area contributed by atoms with Gasteiger partial charge in [0.2, 0.25) is 0 Å². The molecule has 0 aromatic heterocycles. The molecule has 2 N–H and O–H groups in total. The molecule has 0 heterocycles. The normalized spacial score (nSPS) is 15.1. The molecule has 0 spiro atoms. The van der Waals surface area contributed by atoms with E-state index in [0.29, 0.717) is 0 Å². The number of benzene rings is 1. The minimum Gasteiger partial charge on any atom is -0.395 e. The van der Waals surface area contributed by atoms with Crippen LogP contribution in [0, 0.1) is 3.57 Å². The lowest BCUT2D eigenvalue weighted by Gasteiger charge is -2.18. The van der Waals surface area contributed by atoms with Crippen LogP contribution in [0.4, 0.5) is 0 Å². The van der Waals surface area contributed by atoms with Gasteiger partial charge in [-0.15, -0.1) is 0 Å². The molecule has 2 nitrogen and oxygen atoms in total. The molecule has 0 fully saturated rings. The first kappa shape index (κ1) is 11.9. The van der Waals surface area contributed by atoms with E-state index in [4.69, 9.17) is 5.11 Å². The van der Waals surface area contributed by atoms with Crippen molar-refractivity contribution in [2.24, 2.45) is 0 Å². The summed E-state index contributed by atoms with van der Waals surface area (Å²) in [7, 11) is 0. The maximum Gasteiger partial charge on any atom is 0.0582 e. The van der Waals surface area contributed by atoms with E-state index in [1.807, 2.05) is 6.92 Å². The molecule has 0 saturated carbocycles. The monoisotopic (exact) mass is 305 g/mol. The molecule has 0 bridgehead atoms. The van der Waals surface area contributed by atoms with Gasteiger partial charge in [-0.25, -0.2) is 0 Å². The molecule has 1 rings (SSSR count). The Morgan fingerprint density at radius 2 is 1.86 bits per heavy atom. The smallest absolute Gasteiger partial charge is 0.0582 e. The van der Waals surface area contributed by atoms with Crippen LogP contribution in [0.5, 0.6) is 0 Å². The van der Waals surface area contributed by atoms with Crippen LogP contribution in [0.2, 0.25) is 0 Å². The van der Waals surface area contributed by atoms with Crippen molar-refractivity contribution < 1.29 is 5.11 Å². The molecule has 0 aliphatic rings. The zero-order valence-corrected chi connectivity index (χ0v) is 10.7. The van der Waals surface area contributed by atoms with Crippen LogP contribution >= 0.6 is 22.6 Å².